The lowest BCUT2D eigenvalue weighted by Crippen LogP contribution is -2.62. The third-order valence-electron chi connectivity index (χ3n) is 9.92. The first-order valence-corrected chi connectivity index (χ1v) is 22.6. The summed E-state index contributed by atoms with van der Waals surface area (Å²) in [6.07, 6.45) is -0.317. The molecule has 2 amide bonds. The van der Waals surface area contributed by atoms with Crippen molar-refractivity contribution in [1.29, 1.82) is 0 Å². The molecule has 326 valence electrons. The van der Waals surface area contributed by atoms with E-state index >= 15 is 0 Å². The molecule has 0 radical (unpaired) electrons. The monoisotopic (exact) mass is 866 g/mol. The second-order valence-corrected chi connectivity index (χ2v) is 19.1. The summed E-state index contributed by atoms with van der Waals surface area (Å²) in [5.74, 6) is -2.60. The average molecular weight is 867 g/mol. The smallest absolute Gasteiger partial charge is 0.280 e. The topological polar surface area (TPSA) is 223 Å². The zero-order valence-electron chi connectivity index (χ0n) is 34.8. The van der Waals surface area contributed by atoms with Crippen LogP contribution in [0.1, 0.15) is 50.2 Å². The zero-order chi connectivity index (χ0) is 44.0. The second kappa shape index (κ2) is 22.3. The van der Waals surface area contributed by atoms with Crippen molar-refractivity contribution in [2.45, 2.75) is 90.0 Å². The summed E-state index contributed by atoms with van der Waals surface area (Å²) in [7, 11) is -5.72. The molecule has 0 aliphatic heterocycles. The number of aliphatic hydroxyl groups excluding tert-OH is 2. The molecule has 2 heterocycles. The normalized spacial score (nSPS) is 15.3. The van der Waals surface area contributed by atoms with Gasteiger partial charge in [0, 0.05) is 26.5 Å². The number of hydrogen-bond acceptors (Lipinski definition) is 10. The van der Waals surface area contributed by atoms with Gasteiger partial charge in [-0.1, -0.05) is 100 Å². The number of amides is 2. The highest BCUT2D eigenvalue weighted by atomic mass is 32.2. The number of aliphatic hydroxyl groups is 2. The van der Waals surface area contributed by atoms with Gasteiger partial charge < -0.3 is 20.8 Å². The van der Waals surface area contributed by atoms with Gasteiger partial charge in [-0.15, -0.1) is 0 Å². The fraction of sp³-hybridized carbons (Fsp3) is 0.429. The van der Waals surface area contributed by atoms with Crippen LogP contribution in [0.5, 0.6) is 0 Å². The zero-order valence-corrected chi connectivity index (χ0v) is 36.4. The van der Waals surface area contributed by atoms with E-state index in [1.165, 1.54) is 14.1 Å². The van der Waals surface area contributed by atoms with Crippen molar-refractivity contribution in [3.05, 3.63) is 132 Å². The van der Waals surface area contributed by atoms with Crippen molar-refractivity contribution in [2.75, 3.05) is 14.1 Å². The van der Waals surface area contributed by atoms with Gasteiger partial charge in [-0.05, 0) is 60.1 Å². The van der Waals surface area contributed by atoms with Crippen molar-refractivity contribution >= 4 is 32.2 Å². The summed E-state index contributed by atoms with van der Waals surface area (Å²) in [6.45, 7) is 6.57. The van der Waals surface area contributed by atoms with E-state index in [2.05, 4.69) is 30.0 Å². The number of rotatable bonds is 23. The fourth-order valence-electron chi connectivity index (χ4n) is 6.37. The summed E-state index contributed by atoms with van der Waals surface area (Å²) < 4.78 is 61.0. The van der Waals surface area contributed by atoms with E-state index in [0.717, 1.165) is 8.61 Å². The SMILES string of the molecule is CC(C)[C@H](NS(=O)(=O)N(C)Cc1ccccn1)C(=O)N[C@@H](Cc1ccccc1)[C@@H](O)[C@H](O)[C@H](Cc1ccccc1)NC(=O)[C@H](NS(=O)(=O)N(C)Cc1ccccn1)C(C)C. The van der Waals surface area contributed by atoms with Crippen LogP contribution in [-0.4, -0.2) is 108 Å². The van der Waals surface area contributed by atoms with Gasteiger partial charge in [-0.25, -0.2) is 0 Å². The summed E-state index contributed by atoms with van der Waals surface area (Å²) >= 11 is 0. The van der Waals surface area contributed by atoms with Crippen LogP contribution in [0.4, 0.5) is 0 Å². The Balaban J connectivity index is 1.60. The number of carbonyl (C=O) groups excluding carboxylic acids is 2. The number of benzene rings is 2. The van der Waals surface area contributed by atoms with Gasteiger partial charge in [0.05, 0.1) is 36.6 Å². The molecule has 0 saturated carbocycles. The highest BCUT2D eigenvalue weighted by Crippen LogP contribution is 2.18. The highest BCUT2D eigenvalue weighted by molar-refractivity contribution is 7.87. The predicted molar refractivity (Wildman–Crippen MR) is 229 cm³/mol. The Labute approximate surface area is 354 Å². The van der Waals surface area contributed by atoms with Gasteiger partial charge in [0.2, 0.25) is 11.8 Å². The van der Waals surface area contributed by atoms with Crippen LogP contribution < -0.4 is 20.1 Å². The Hall–Kier alpha value is -4.66. The quantitative estimate of drug-likeness (QED) is 0.0636. The van der Waals surface area contributed by atoms with Gasteiger partial charge in [-0.3, -0.25) is 19.6 Å². The Morgan fingerprint density at radius 1 is 0.567 bits per heavy atom. The van der Waals surface area contributed by atoms with E-state index in [1.54, 1.807) is 137 Å². The van der Waals surface area contributed by atoms with Crippen molar-refractivity contribution in [2.24, 2.45) is 11.8 Å². The molecule has 0 aliphatic carbocycles. The van der Waals surface area contributed by atoms with Crippen LogP contribution >= 0.6 is 0 Å². The maximum Gasteiger partial charge on any atom is 0.280 e. The molecule has 0 unspecified atom stereocenters. The number of hydrogen-bond donors (Lipinski definition) is 6. The Morgan fingerprint density at radius 2 is 0.900 bits per heavy atom. The molecule has 0 aliphatic rings. The number of nitrogens with one attached hydrogen (secondary N) is 4. The van der Waals surface area contributed by atoms with Crippen molar-refractivity contribution in [3.8, 4) is 0 Å². The van der Waals surface area contributed by atoms with Crippen LogP contribution in [0.3, 0.4) is 0 Å². The lowest BCUT2D eigenvalue weighted by atomic mass is 9.90. The molecular weight excluding hydrogens is 809 g/mol. The molecule has 6 N–H and O–H groups in total. The molecule has 4 rings (SSSR count). The van der Waals surface area contributed by atoms with Crippen LogP contribution in [0.15, 0.2) is 109 Å². The van der Waals surface area contributed by atoms with Crippen molar-refractivity contribution < 1.29 is 36.6 Å². The maximum atomic E-state index is 14.1. The summed E-state index contributed by atoms with van der Waals surface area (Å²) in [4.78, 5) is 36.5. The molecule has 0 bridgehead atoms. The summed E-state index contributed by atoms with van der Waals surface area (Å²) in [6, 6.07) is 23.1. The van der Waals surface area contributed by atoms with Crippen LogP contribution in [-0.2, 0) is 55.9 Å². The van der Waals surface area contributed by atoms with Crippen LogP contribution in [0, 0.1) is 11.8 Å². The highest BCUT2D eigenvalue weighted by Gasteiger charge is 2.39. The lowest BCUT2D eigenvalue weighted by molar-refractivity contribution is -0.129. The average Bonchev–Trinajstić information content (AvgIpc) is 3.22. The summed E-state index contributed by atoms with van der Waals surface area (Å²) in [5, 5.41) is 29.6. The molecule has 2 aromatic carbocycles. The van der Waals surface area contributed by atoms with Gasteiger partial charge in [0.25, 0.3) is 20.4 Å². The third-order valence-corrected chi connectivity index (χ3v) is 12.9. The van der Waals surface area contributed by atoms with Gasteiger partial charge in [0.1, 0.15) is 24.3 Å². The number of carbonyl (C=O) groups is 2. The largest absolute Gasteiger partial charge is 0.388 e. The standard InChI is InChI=1S/C42H58N8O8S2/c1-29(2)37(47-59(55,56)49(5)27-33-21-13-15-23-43-33)41(53)45-35(25-31-17-9-7-10-18-31)39(51)40(52)36(26-32-19-11-8-12-20-32)46-42(54)38(30(3)4)48-60(57,58)50(6)28-34-22-14-16-24-44-34/h7-24,29-30,35-40,47-48,51-52H,25-28H2,1-6H3,(H,45,53)(H,46,54)/t35-,36-,37-,38+,39+,40+/m0/s1. The van der Waals surface area contributed by atoms with Crippen LogP contribution in [0.2, 0.25) is 0 Å². The van der Waals surface area contributed by atoms with E-state index in [9.17, 15) is 36.6 Å². The van der Waals surface area contributed by atoms with E-state index < -0.39 is 80.4 Å². The van der Waals surface area contributed by atoms with Crippen molar-refractivity contribution in [1.82, 2.24) is 38.7 Å². The summed E-state index contributed by atoms with van der Waals surface area (Å²) in [5.41, 5.74) is 2.38. The predicted octanol–water partition coefficient (Wildman–Crippen LogP) is 1.94. The first kappa shape index (κ1) is 48.0. The molecule has 6 atom stereocenters. The van der Waals surface area contributed by atoms with E-state index in [-0.39, 0.29) is 25.9 Å². The van der Waals surface area contributed by atoms with E-state index in [4.69, 9.17) is 0 Å². The molecule has 0 saturated heterocycles. The molecule has 16 nitrogen and oxygen atoms in total. The first-order chi connectivity index (χ1) is 28.4. The fourth-order valence-corrected chi connectivity index (χ4v) is 8.73. The van der Waals surface area contributed by atoms with Gasteiger partial charge in [0.15, 0.2) is 0 Å². The molecule has 2 aromatic heterocycles. The third kappa shape index (κ3) is 14.2. The minimum atomic E-state index is -4.22. The van der Waals surface area contributed by atoms with Crippen molar-refractivity contribution in [3.63, 3.8) is 0 Å². The van der Waals surface area contributed by atoms with Gasteiger partial charge >= 0.3 is 0 Å². The molecule has 18 heteroatoms. The lowest BCUT2D eigenvalue weighted by Gasteiger charge is -2.35. The molecule has 4 aromatic rings. The number of pyridine rings is 2. The van der Waals surface area contributed by atoms with E-state index in [1.807, 2.05) is 0 Å². The Bertz CT molecular complexity index is 2000. The number of aromatic nitrogens is 2. The molecular formula is C42H58N8O8S2. The second-order valence-electron chi connectivity index (χ2n) is 15.4. The molecule has 0 spiro atoms. The van der Waals surface area contributed by atoms with E-state index in [0.29, 0.717) is 22.5 Å². The molecule has 0 fully saturated rings. The Morgan fingerprint density at radius 3 is 1.20 bits per heavy atom. The maximum absolute atomic E-state index is 14.1. The first-order valence-electron chi connectivity index (χ1n) is 19.7. The minimum absolute atomic E-state index is 0.0188. The number of nitrogens with zero attached hydrogens (tertiary/aromatic N) is 4. The van der Waals surface area contributed by atoms with Gasteiger partial charge in [-0.2, -0.15) is 34.9 Å². The minimum Gasteiger partial charge on any atom is -0.388 e. The molecule has 60 heavy (non-hydrogen) atoms. The Kier molecular flexibility index (Phi) is 17.8. The van der Waals surface area contributed by atoms with Crippen LogP contribution in [0.25, 0.3) is 0 Å².